The third kappa shape index (κ3) is 4.82. The summed E-state index contributed by atoms with van der Waals surface area (Å²) in [4.78, 5) is 16.8. The number of rotatable bonds is 6. The molecule has 0 bridgehead atoms. The van der Waals surface area contributed by atoms with E-state index in [-0.39, 0.29) is 5.91 Å². The summed E-state index contributed by atoms with van der Waals surface area (Å²) in [5.74, 6) is 0.751. The molecule has 3 heterocycles. The second-order valence-electron chi connectivity index (χ2n) is 7.99. The predicted octanol–water partition coefficient (Wildman–Crippen LogP) is 4.57. The molecule has 1 saturated heterocycles. The average Bonchev–Trinajstić information content (AvgIpc) is 3.27. The number of piperidine rings is 1. The number of thiophene rings is 1. The normalized spacial score (nSPS) is 15.8. The number of carbonyl (C=O) groups excluding carboxylic acids is 1. The number of hydrogen-bond donors (Lipinski definition) is 1. The lowest BCUT2D eigenvalue weighted by Gasteiger charge is -2.28. The van der Waals surface area contributed by atoms with Gasteiger partial charge in [0, 0.05) is 17.0 Å². The summed E-state index contributed by atoms with van der Waals surface area (Å²) in [5.41, 5.74) is 2.09. The number of aryl methyl sites for hydroxylation is 1. The van der Waals surface area contributed by atoms with Gasteiger partial charge in [-0.15, -0.1) is 11.3 Å². The van der Waals surface area contributed by atoms with E-state index in [9.17, 15) is 4.79 Å². The number of likely N-dealkylation sites (tertiary alicyclic amines) is 1. The Morgan fingerprint density at radius 3 is 2.72 bits per heavy atom. The first kappa shape index (κ1) is 20.4. The SMILES string of the molecule is Cc1nn(Cc2ccc(Cl)cc2)c2sc(C(=O)NCCC3CCN(C)CC3)cc12. The van der Waals surface area contributed by atoms with Crippen molar-refractivity contribution in [2.24, 2.45) is 5.92 Å². The highest BCUT2D eigenvalue weighted by molar-refractivity contribution is 7.20. The summed E-state index contributed by atoms with van der Waals surface area (Å²) in [5, 5.41) is 9.56. The first-order valence-corrected chi connectivity index (χ1v) is 11.4. The molecule has 0 atom stereocenters. The van der Waals surface area contributed by atoms with Gasteiger partial charge in [-0.1, -0.05) is 23.7 Å². The number of aromatic nitrogens is 2. The van der Waals surface area contributed by atoms with Crippen LogP contribution >= 0.6 is 22.9 Å². The third-order valence-electron chi connectivity index (χ3n) is 5.75. The van der Waals surface area contributed by atoms with Gasteiger partial charge in [0.1, 0.15) is 4.83 Å². The molecule has 1 amide bonds. The minimum absolute atomic E-state index is 0.0246. The van der Waals surface area contributed by atoms with Crippen LogP contribution in [0.4, 0.5) is 0 Å². The van der Waals surface area contributed by atoms with Gasteiger partial charge in [0.05, 0.1) is 17.1 Å². The van der Waals surface area contributed by atoms with Crippen molar-refractivity contribution in [2.45, 2.75) is 32.7 Å². The Hall–Kier alpha value is -1.89. The largest absolute Gasteiger partial charge is 0.351 e. The van der Waals surface area contributed by atoms with Gasteiger partial charge in [-0.05, 0) is 76.0 Å². The Balaban J connectivity index is 1.40. The van der Waals surface area contributed by atoms with Crippen LogP contribution in [0.2, 0.25) is 5.02 Å². The summed E-state index contributed by atoms with van der Waals surface area (Å²) in [7, 11) is 2.18. The summed E-state index contributed by atoms with van der Waals surface area (Å²) in [6.07, 6.45) is 3.53. The first-order valence-electron chi connectivity index (χ1n) is 10.2. The monoisotopic (exact) mass is 430 g/mol. The van der Waals surface area contributed by atoms with Crippen LogP contribution < -0.4 is 5.32 Å². The summed E-state index contributed by atoms with van der Waals surface area (Å²) in [6, 6.07) is 9.78. The molecule has 1 N–H and O–H groups in total. The molecule has 0 spiro atoms. The van der Waals surface area contributed by atoms with Gasteiger partial charge < -0.3 is 10.2 Å². The topological polar surface area (TPSA) is 50.2 Å². The maximum atomic E-state index is 12.7. The van der Waals surface area contributed by atoms with E-state index < -0.39 is 0 Å². The molecule has 1 fully saturated rings. The van der Waals surface area contributed by atoms with Gasteiger partial charge in [-0.3, -0.25) is 9.48 Å². The lowest BCUT2D eigenvalue weighted by atomic mass is 9.94. The van der Waals surface area contributed by atoms with Crippen molar-refractivity contribution >= 4 is 39.1 Å². The highest BCUT2D eigenvalue weighted by Gasteiger charge is 2.19. The minimum Gasteiger partial charge on any atom is -0.351 e. The smallest absolute Gasteiger partial charge is 0.261 e. The molecule has 0 unspecified atom stereocenters. The Kier molecular flexibility index (Phi) is 6.23. The molecule has 154 valence electrons. The van der Waals surface area contributed by atoms with E-state index in [1.807, 2.05) is 41.9 Å². The number of halogens is 1. The van der Waals surface area contributed by atoms with Crippen molar-refractivity contribution in [3.05, 3.63) is 51.5 Å². The molecule has 0 saturated carbocycles. The maximum absolute atomic E-state index is 12.7. The molecule has 2 aromatic heterocycles. The van der Waals surface area contributed by atoms with Gasteiger partial charge in [0.25, 0.3) is 5.91 Å². The van der Waals surface area contributed by atoms with Crippen molar-refractivity contribution in [1.29, 1.82) is 0 Å². The van der Waals surface area contributed by atoms with Crippen LogP contribution in [0.5, 0.6) is 0 Å². The molecule has 0 radical (unpaired) electrons. The number of amides is 1. The van der Waals surface area contributed by atoms with E-state index in [2.05, 4.69) is 22.4 Å². The minimum atomic E-state index is 0.0246. The number of carbonyl (C=O) groups is 1. The molecule has 5 nitrogen and oxygen atoms in total. The molecular weight excluding hydrogens is 404 g/mol. The van der Waals surface area contributed by atoms with Crippen LogP contribution in [0.25, 0.3) is 10.2 Å². The fourth-order valence-corrected chi connectivity index (χ4v) is 5.13. The molecule has 7 heteroatoms. The standard InChI is InChI=1S/C22H27ClN4OS/c1-15-19-13-20(21(28)24-10-7-16-8-11-26(2)12-9-16)29-22(19)27(25-15)14-17-3-5-18(23)6-4-17/h3-6,13,16H,7-12,14H2,1-2H3,(H,24,28). The number of benzene rings is 1. The first-order chi connectivity index (χ1) is 14.0. The molecule has 1 aliphatic heterocycles. The van der Waals surface area contributed by atoms with E-state index in [4.69, 9.17) is 11.6 Å². The van der Waals surface area contributed by atoms with Crippen molar-refractivity contribution in [3.63, 3.8) is 0 Å². The van der Waals surface area contributed by atoms with Crippen LogP contribution in [0, 0.1) is 12.8 Å². The lowest BCUT2D eigenvalue weighted by molar-refractivity contribution is 0.0953. The van der Waals surface area contributed by atoms with Gasteiger partial charge >= 0.3 is 0 Å². The number of nitrogens with one attached hydrogen (secondary N) is 1. The Morgan fingerprint density at radius 2 is 2.00 bits per heavy atom. The molecule has 3 aromatic rings. The van der Waals surface area contributed by atoms with Crippen LogP contribution in [0.3, 0.4) is 0 Å². The number of fused-ring (bicyclic) bond motifs is 1. The molecule has 1 aromatic carbocycles. The second kappa shape index (κ2) is 8.86. The van der Waals surface area contributed by atoms with Crippen LogP contribution in [0.1, 0.15) is 40.2 Å². The fourth-order valence-electron chi connectivity index (χ4n) is 3.92. The molecule has 4 rings (SSSR count). The average molecular weight is 431 g/mol. The maximum Gasteiger partial charge on any atom is 0.261 e. The zero-order chi connectivity index (χ0) is 20.4. The van der Waals surface area contributed by atoms with Crippen molar-refractivity contribution in [2.75, 3.05) is 26.7 Å². The third-order valence-corrected chi connectivity index (χ3v) is 7.15. The van der Waals surface area contributed by atoms with Crippen molar-refractivity contribution in [1.82, 2.24) is 20.0 Å². The number of nitrogens with zero attached hydrogens (tertiary/aromatic N) is 3. The lowest BCUT2D eigenvalue weighted by Crippen LogP contribution is -2.32. The summed E-state index contributed by atoms with van der Waals surface area (Å²) >= 11 is 7.50. The quantitative estimate of drug-likeness (QED) is 0.623. The zero-order valence-corrected chi connectivity index (χ0v) is 18.5. The Labute approximate surface area is 180 Å². The number of hydrogen-bond acceptors (Lipinski definition) is 4. The van der Waals surface area contributed by atoms with Gasteiger partial charge in [0.2, 0.25) is 0 Å². The highest BCUT2D eigenvalue weighted by Crippen LogP contribution is 2.29. The molecule has 29 heavy (non-hydrogen) atoms. The van der Waals surface area contributed by atoms with E-state index in [0.29, 0.717) is 6.54 Å². The summed E-state index contributed by atoms with van der Waals surface area (Å²) in [6.45, 7) is 5.74. The Morgan fingerprint density at radius 1 is 1.28 bits per heavy atom. The van der Waals surface area contributed by atoms with E-state index in [1.54, 1.807) is 0 Å². The van der Waals surface area contributed by atoms with E-state index >= 15 is 0 Å². The molecule has 1 aliphatic rings. The second-order valence-corrected chi connectivity index (χ2v) is 9.46. The van der Waals surface area contributed by atoms with E-state index in [0.717, 1.165) is 50.3 Å². The molecule has 0 aliphatic carbocycles. The van der Waals surface area contributed by atoms with Crippen LogP contribution in [-0.4, -0.2) is 47.3 Å². The molecular formula is C22H27ClN4OS. The summed E-state index contributed by atoms with van der Waals surface area (Å²) < 4.78 is 1.98. The fraction of sp³-hybridized carbons (Fsp3) is 0.455. The van der Waals surface area contributed by atoms with Crippen LogP contribution in [0.15, 0.2) is 30.3 Å². The van der Waals surface area contributed by atoms with Crippen molar-refractivity contribution in [3.8, 4) is 0 Å². The Bertz CT molecular complexity index is 986. The highest BCUT2D eigenvalue weighted by atomic mass is 35.5. The van der Waals surface area contributed by atoms with Gasteiger partial charge in [-0.2, -0.15) is 5.10 Å². The van der Waals surface area contributed by atoms with Crippen molar-refractivity contribution < 1.29 is 4.79 Å². The van der Waals surface area contributed by atoms with E-state index in [1.165, 1.54) is 37.3 Å². The zero-order valence-electron chi connectivity index (χ0n) is 16.9. The van der Waals surface area contributed by atoms with Gasteiger partial charge in [-0.25, -0.2) is 0 Å². The predicted molar refractivity (Wildman–Crippen MR) is 120 cm³/mol. The van der Waals surface area contributed by atoms with Gasteiger partial charge in [0.15, 0.2) is 0 Å². The van der Waals surface area contributed by atoms with Crippen LogP contribution in [-0.2, 0) is 6.54 Å².